The van der Waals surface area contributed by atoms with Crippen LogP contribution in [0.15, 0.2) is 40.3 Å². The lowest BCUT2D eigenvalue weighted by Gasteiger charge is -2.19. The van der Waals surface area contributed by atoms with Crippen LogP contribution in [0.25, 0.3) is 0 Å². The number of ether oxygens (including phenoxy) is 1. The third kappa shape index (κ3) is 8.92. The van der Waals surface area contributed by atoms with Crippen LogP contribution in [0, 0.1) is 12.3 Å². The van der Waals surface area contributed by atoms with Gasteiger partial charge in [-0.2, -0.15) is 0 Å². The minimum absolute atomic E-state index is 0.0311. The third-order valence-corrected chi connectivity index (χ3v) is 6.56. The molecule has 0 saturated heterocycles. The van der Waals surface area contributed by atoms with Gasteiger partial charge in [-0.05, 0) is 43.7 Å². The first kappa shape index (κ1) is 32.4. The molecule has 2 aromatic heterocycles. The Morgan fingerprint density at radius 2 is 1.83 bits per heavy atom. The maximum absolute atomic E-state index is 13.4. The molecular weight excluding hydrogens is 536 g/mol. The zero-order valence-electron chi connectivity index (χ0n) is 25.9. The van der Waals surface area contributed by atoms with Gasteiger partial charge in [-0.15, -0.1) is 0 Å². The van der Waals surface area contributed by atoms with E-state index in [2.05, 4.69) is 30.7 Å². The van der Waals surface area contributed by atoms with Crippen molar-refractivity contribution in [2.75, 3.05) is 28.2 Å². The summed E-state index contributed by atoms with van der Waals surface area (Å²) in [5.74, 6) is 0.123. The summed E-state index contributed by atoms with van der Waals surface area (Å²) >= 11 is 0. The van der Waals surface area contributed by atoms with Gasteiger partial charge in [0.15, 0.2) is 11.9 Å². The number of rotatable bonds is 11. The maximum Gasteiger partial charge on any atom is 0.409 e. The summed E-state index contributed by atoms with van der Waals surface area (Å²) in [6.45, 7) is 8.58. The molecule has 11 nitrogen and oxygen atoms in total. The number of nitrogens with zero attached hydrogens (tertiary/aromatic N) is 6. The summed E-state index contributed by atoms with van der Waals surface area (Å²) in [6, 6.07) is 3.33. The number of fused-ring (bicyclic) bond motifs is 1. The van der Waals surface area contributed by atoms with E-state index < -0.39 is 18.0 Å². The number of aliphatic imine (C=N–C) groups is 1. The first-order valence-corrected chi connectivity index (χ1v) is 14.0. The van der Waals surface area contributed by atoms with E-state index in [4.69, 9.17) is 9.73 Å². The first-order chi connectivity index (χ1) is 19.6. The number of pyridine rings is 1. The van der Waals surface area contributed by atoms with E-state index in [0.717, 1.165) is 29.2 Å². The number of aryl methyl sites for hydroxylation is 1. The van der Waals surface area contributed by atoms with Crippen LogP contribution in [0.1, 0.15) is 56.4 Å². The second kappa shape index (κ2) is 13.7. The summed E-state index contributed by atoms with van der Waals surface area (Å²) in [4.78, 5) is 67.4. The zero-order valence-corrected chi connectivity index (χ0v) is 25.9. The topological polar surface area (TPSA) is 127 Å². The molecule has 0 unspecified atom stereocenters. The van der Waals surface area contributed by atoms with E-state index in [1.807, 2.05) is 6.92 Å². The van der Waals surface area contributed by atoms with Gasteiger partial charge in [-0.25, -0.2) is 14.8 Å². The van der Waals surface area contributed by atoms with E-state index in [-0.39, 0.29) is 36.3 Å². The number of hydrogen-bond acceptors (Lipinski definition) is 8. The van der Waals surface area contributed by atoms with Crippen molar-refractivity contribution in [2.24, 2.45) is 10.4 Å². The Labute approximate surface area is 247 Å². The molecule has 3 heterocycles. The Morgan fingerprint density at radius 3 is 2.48 bits per heavy atom. The molecule has 1 atom stereocenters. The summed E-state index contributed by atoms with van der Waals surface area (Å²) in [5, 5.41) is 0. The molecule has 0 bridgehead atoms. The molecule has 0 N–H and O–H groups in total. The Balaban J connectivity index is 1.76. The molecule has 2 amide bonds. The van der Waals surface area contributed by atoms with Gasteiger partial charge in [-0.1, -0.05) is 32.9 Å². The summed E-state index contributed by atoms with van der Waals surface area (Å²) in [5.41, 5.74) is 3.37. The molecule has 0 aliphatic carbocycles. The van der Waals surface area contributed by atoms with Crippen molar-refractivity contribution >= 4 is 29.2 Å². The fourth-order valence-electron chi connectivity index (χ4n) is 4.49. The Kier molecular flexibility index (Phi) is 10.5. The van der Waals surface area contributed by atoms with Gasteiger partial charge < -0.3 is 19.1 Å². The lowest BCUT2D eigenvalue weighted by atomic mass is 9.89. The third-order valence-electron chi connectivity index (χ3n) is 6.56. The Bertz CT molecular complexity index is 1450. The van der Waals surface area contributed by atoms with Crippen LogP contribution >= 0.6 is 0 Å². The van der Waals surface area contributed by atoms with Gasteiger partial charge in [-0.3, -0.25) is 19.4 Å². The molecule has 0 aromatic carbocycles. The number of amides is 2. The highest BCUT2D eigenvalue weighted by atomic mass is 16.6. The number of carbonyl (C=O) groups is 3. The number of hydrogen-bond donors (Lipinski definition) is 0. The molecule has 2 aromatic rings. The summed E-state index contributed by atoms with van der Waals surface area (Å²) in [6.07, 6.45) is 4.61. The maximum atomic E-state index is 13.4. The van der Waals surface area contributed by atoms with Gasteiger partial charge in [0.2, 0.25) is 5.91 Å². The molecule has 0 spiro atoms. The number of ketones is 1. The molecule has 226 valence electrons. The van der Waals surface area contributed by atoms with E-state index in [1.165, 1.54) is 34.5 Å². The fraction of sp³-hybridized carbons (Fsp3) is 0.516. The van der Waals surface area contributed by atoms with Crippen LogP contribution in [-0.2, 0) is 40.1 Å². The van der Waals surface area contributed by atoms with Gasteiger partial charge in [0, 0.05) is 58.5 Å². The van der Waals surface area contributed by atoms with Gasteiger partial charge in [0.25, 0.3) is 5.56 Å². The highest BCUT2D eigenvalue weighted by molar-refractivity contribution is 5.93. The lowest BCUT2D eigenvalue weighted by molar-refractivity contribution is -0.127. The van der Waals surface area contributed by atoms with Crippen molar-refractivity contribution in [3.05, 3.63) is 63.6 Å². The molecule has 1 aliphatic rings. The molecule has 1 aliphatic heterocycles. The second-order valence-corrected chi connectivity index (χ2v) is 12.2. The number of aromatic nitrogens is 3. The molecular formula is C31H42N6O5. The van der Waals surface area contributed by atoms with E-state index in [9.17, 15) is 19.2 Å². The quantitative estimate of drug-likeness (QED) is 0.374. The highest BCUT2D eigenvalue weighted by Gasteiger charge is 2.26. The van der Waals surface area contributed by atoms with Crippen LogP contribution in [-0.4, -0.2) is 82.1 Å². The van der Waals surface area contributed by atoms with E-state index >= 15 is 0 Å². The van der Waals surface area contributed by atoms with Crippen molar-refractivity contribution < 1.29 is 19.1 Å². The second-order valence-electron chi connectivity index (χ2n) is 12.2. The number of carbonyl (C=O) groups excluding carboxylic acids is 3. The van der Waals surface area contributed by atoms with E-state index in [1.54, 1.807) is 38.5 Å². The smallest absolute Gasteiger partial charge is 0.409 e. The molecule has 0 saturated carbocycles. The van der Waals surface area contributed by atoms with Crippen LogP contribution in [0.5, 0.6) is 0 Å². The number of likely N-dealkylation sites (N-methyl/N-ethyl adjacent to an activating group) is 1. The monoisotopic (exact) mass is 578 g/mol. The predicted octanol–water partition coefficient (Wildman–Crippen LogP) is 3.47. The normalized spacial score (nSPS) is 13.5. The van der Waals surface area contributed by atoms with Crippen LogP contribution in [0.4, 0.5) is 10.5 Å². The summed E-state index contributed by atoms with van der Waals surface area (Å²) in [7, 11) is 6.33. The Hall–Kier alpha value is -4.15. The van der Waals surface area contributed by atoms with E-state index in [0.29, 0.717) is 24.2 Å². The Morgan fingerprint density at radius 1 is 1.12 bits per heavy atom. The molecule has 42 heavy (non-hydrogen) atoms. The fourth-order valence-corrected chi connectivity index (χ4v) is 4.49. The van der Waals surface area contributed by atoms with Crippen LogP contribution in [0.2, 0.25) is 0 Å². The molecule has 3 rings (SSSR count). The van der Waals surface area contributed by atoms with Crippen molar-refractivity contribution in [2.45, 2.75) is 72.4 Å². The number of Topliss-reactive ketones (excluding diaryl/α,β-unsaturated/α-hetero) is 1. The van der Waals surface area contributed by atoms with Crippen molar-refractivity contribution in [3.8, 4) is 0 Å². The van der Waals surface area contributed by atoms with Crippen molar-refractivity contribution in [1.29, 1.82) is 0 Å². The molecule has 0 fully saturated rings. The lowest BCUT2D eigenvalue weighted by Crippen LogP contribution is -2.35. The molecule has 0 radical (unpaired) electrons. The largest absolute Gasteiger partial charge is 0.438 e. The predicted molar refractivity (Wildman–Crippen MR) is 161 cm³/mol. The van der Waals surface area contributed by atoms with Crippen LogP contribution < -0.4 is 5.56 Å². The van der Waals surface area contributed by atoms with Gasteiger partial charge in [0.05, 0.1) is 17.9 Å². The summed E-state index contributed by atoms with van der Waals surface area (Å²) < 4.78 is 6.97. The average Bonchev–Trinajstić information content (AvgIpc) is 3.29. The zero-order chi connectivity index (χ0) is 31.2. The minimum Gasteiger partial charge on any atom is -0.438 e. The van der Waals surface area contributed by atoms with Crippen LogP contribution in [0.3, 0.4) is 0 Å². The highest BCUT2D eigenvalue weighted by Crippen LogP contribution is 2.33. The SMILES string of the molecule is Cc1nc2c(c(CC(C)(C)C)n1)N=C(Cn1cccc(CC(=O)[C@H](CC/C=C/C(=O)N(C)C)OC(=O)N(C)C)c1=O)C2. The minimum atomic E-state index is -1.07. The molecule has 11 heteroatoms. The van der Waals surface area contributed by atoms with Gasteiger partial charge >= 0.3 is 6.09 Å². The van der Waals surface area contributed by atoms with Crippen molar-refractivity contribution in [1.82, 2.24) is 24.3 Å². The standard InChI is InChI=1S/C31H42N6O5/c1-20-32-23-17-22(34-28(23)24(33-20)18-31(2,3)4)19-37-15-11-12-21(29(37)40)16-25(38)26(42-30(41)36(7)8)13-9-10-14-27(39)35(5)6/h10-12,14-15,26H,9,13,16-19H2,1-8H3/b14-10+/t26-/m0/s1. The number of allylic oxidation sites excluding steroid dienone is 1. The average molecular weight is 579 g/mol. The first-order valence-electron chi connectivity index (χ1n) is 14.0. The van der Waals surface area contributed by atoms with Crippen molar-refractivity contribution in [3.63, 3.8) is 0 Å². The van der Waals surface area contributed by atoms with Gasteiger partial charge in [0.1, 0.15) is 11.5 Å².